The topological polar surface area (TPSA) is 89.9 Å². The summed E-state index contributed by atoms with van der Waals surface area (Å²) in [5.74, 6) is 1.10. The van der Waals surface area contributed by atoms with E-state index in [-0.39, 0.29) is 22.9 Å². The molecule has 0 unspecified atom stereocenters. The lowest BCUT2D eigenvalue weighted by atomic mass is 10.1. The molecule has 0 radical (unpaired) electrons. The van der Waals surface area contributed by atoms with Crippen LogP contribution in [0, 0.1) is 6.92 Å². The number of imidazole rings is 1. The van der Waals surface area contributed by atoms with Crippen molar-refractivity contribution >= 4 is 37.0 Å². The molecule has 0 atom stereocenters. The summed E-state index contributed by atoms with van der Waals surface area (Å²) in [4.78, 5) is 6.59. The Hall–Kier alpha value is -2.83. The lowest BCUT2D eigenvalue weighted by molar-refractivity contribution is -0.138. The predicted octanol–water partition coefficient (Wildman–Crippen LogP) is 5.74. The molecule has 3 N–H and O–H groups in total. The Morgan fingerprint density at radius 1 is 1.16 bits per heavy atom. The van der Waals surface area contributed by atoms with E-state index in [1.165, 1.54) is 6.07 Å². The maximum atomic E-state index is 14.1. The van der Waals surface area contributed by atoms with E-state index in [0.29, 0.717) is 55.0 Å². The number of nitrogen functional groups attached to an aromatic ring is 1. The van der Waals surface area contributed by atoms with Crippen LogP contribution in [0.2, 0.25) is 18.1 Å². The molecule has 0 aliphatic carbocycles. The van der Waals surface area contributed by atoms with Crippen LogP contribution in [-0.4, -0.2) is 49.2 Å². The lowest BCUT2D eigenvalue weighted by Gasteiger charge is -2.36. The number of anilines is 4. The summed E-state index contributed by atoms with van der Waals surface area (Å²) in [7, 11) is -2.32. The van der Waals surface area contributed by atoms with Gasteiger partial charge in [0.15, 0.2) is 25.6 Å². The zero-order valence-electron chi connectivity index (χ0n) is 22.2. The number of morpholine rings is 1. The molecule has 0 amide bonds. The number of rotatable bonds is 6. The zero-order valence-corrected chi connectivity index (χ0v) is 23.2. The van der Waals surface area contributed by atoms with Crippen LogP contribution in [0.4, 0.5) is 36.2 Å². The molecular weight excluding hydrogens is 501 g/mol. The number of alkyl halides is 3. The van der Waals surface area contributed by atoms with Gasteiger partial charge in [-0.15, -0.1) is 5.10 Å². The van der Waals surface area contributed by atoms with E-state index in [1.54, 1.807) is 23.6 Å². The van der Waals surface area contributed by atoms with Crippen molar-refractivity contribution in [3.05, 3.63) is 41.1 Å². The first-order valence-corrected chi connectivity index (χ1v) is 15.2. The van der Waals surface area contributed by atoms with Crippen molar-refractivity contribution in [1.29, 1.82) is 0 Å². The van der Waals surface area contributed by atoms with Gasteiger partial charge >= 0.3 is 6.18 Å². The summed E-state index contributed by atoms with van der Waals surface area (Å²) in [6, 6.07) is 5.86. The molecule has 1 aliphatic rings. The standard InChI is InChI=1S/C25H35F3N6O2Si/c1-16-22(34-23(30-16)19(29)14-21(32-34)33-10-12-35-13-11-33)31-20-9-7-8-18(25(26,27)28)17(20)15-36-37(5,6)24(2,3)4/h7-9,14,31H,10-13,15,29H2,1-6H3. The average molecular weight is 537 g/mol. The third kappa shape index (κ3) is 5.55. The first-order chi connectivity index (χ1) is 17.2. The number of nitrogens with two attached hydrogens (primary N) is 1. The normalized spacial score (nSPS) is 15.4. The van der Waals surface area contributed by atoms with Gasteiger partial charge in [-0.1, -0.05) is 26.8 Å². The van der Waals surface area contributed by atoms with Crippen molar-refractivity contribution in [2.24, 2.45) is 0 Å². The van der Waals surface area contributed by atoms with Crippen LogP contribution in [0.3, 0.4) is 0 Å². The summed E-state index contributed by atoms with van der Waals surface area (Å²) < 4.78 is 55.4. The van der Waals surface area contributed by atoms with E-state index in [4.69, 9.17) is 20.0 Å². The van der Waals surface area contributed by atoms with Crippen LogP contribution in [-0.2, 0) is 21.9 Å². The van der Waals surface area contributed by atoms with Gasteiger partial charge < -0.3 is 25.1 Å². The summed E-state index contributed by atoms with van der Waals surface area (Å²) in [5.41, 5.74) is 7.34. The minimum Gasteiger partial charge on any atom is -0.412 e. The van der Waals surface area contributed by atoms with Crippen LogP contribution in [0.5, 0.6) is 0 Å². The molecule has 3 aromatic rings. The molecule has 2 aromatic heterocycles. The monoisotopic (exact) mass is 536 g/mol. The molecule has 12 heteroatoms. The highest BCUT2D eigenvalue weighted by Gasteiger charge is 2.39. The van der Waals surface area contributed by atoms with E-state index in [2.05, 4.69) is 36.0 Å². The Morgan fingerprint density at radius 2 is 1.84 bits per heavy atom. The maximum Gasteiger partial charge on any atom is 0.416 e. The Bertz CT molecular complexity index is 1280. The number of halogens is 3. The van der Waals surface area contributed by atoms with Crippen LogP contribution in [0.15, 0.2) is 24.3 Å². The average Bonchev–Trinajstić information content (AvgIpc) is 3.13. The summed E-state index contributed by atoms with van der Waals surface area (Å²) in [6.07, 6.45) is -4.54. The van der Waals surface area contributed by atoms with E-state index in [9.17, 15) is 13.2 Å². The number of aromatic nitrogens is 3. The van der Waals surface area contributed by atoms with E-state index >= 15 is 0 Å². The van der Waals surface area contributed by atoms with Gasteiger partial charge in [-0.2, -0.15) is 17.7 Å². The third-order valence-corrected chi connectivity index (χ3v) is 11.7. The fourth-order valence-corrected chi connectivity index (χ4v) is 4.89. The van der Waals surface area contributed by atoms with Gasteiger partial charge in [-0.25, -0.2) is 4.98 Å². The summed E-state index contributed by atoms with van der Waals surface area (Å²) in [5, 5.41) is 7.76. The number of benzene rings is 1. The van der Waals surface area contributed by atoms with Gasteiger partial charge in [-0.3, -0.25) is 0 Å². The van der Waals surface area contributed by atoms with Crippen LogP contribution < -0.4 is 16.0 Å². The number of ether oxygens (including phenoxy) is 1. The van der Waals surface area contributed by atoms with Crippen LogP contribution >= 0.6 is 0 Å². The fraction of sp³-hybridized carbons (Fsp3) is 0.520. The second kappa shape index (κ2) is 9.80. The highest BCUT2D eigenvalue weighted by Crippen LogP contribution is 2.41. The smallest absolute Gasteiger partial charge is 0.412 e. The molecule has 37 heavy (non-hydrogen) atoms. The first-order valence-electron chi connectivity index (χ1n) is 12.3. The minimum atomic E-state index is -4.54. The maximum absolute atomic E-state index is 14.1. The van der Waals surface area contributed by atoms with Gasteiger partial charge in [0.25, 0.3) is 0 Å². The zero-order chi connectivity index (χ0) is 27.2. The SMILES string of the molecule is Cc1nc2c(N)cc(N3CCOCC3)nn2c1Nc1cccc(C(F)(F)F)c1CO[Si](C)(C)C(C)(C)C. The van der Waals surface area contributed by atoms with E-state index in [0.717, 1.165) is 6.07 Å². The molecule has 0 spiro atoms. The molecule has 3 heterocycles. The number of hydrogen-bond donors (Lipinski definition) is 2. The second-order valence-corrected chi connectivity index (χ2v) is 15.7. The molecule has 1 saturated heterocycles. The molecule has 0 saturated carbocycles. The quantitative estimate of drug-likeness (QED) is 0.388. The van der Waals surface area contributed by atoms with Gasteiger partial charge in [-0.05, 0) is 37.2 Å². The molecule has 8 nitrogen and oxygen atoms in total. The number of hydrogen-bond acceptors (Lipinski definition) is 7. The number of nitrogens with one attached hydrogen (secondary N) is 1. The molecule has 1 fully saturated rings. The fourth-order valence-electron chi connectivity index (χ4n) is 3.95. The predicted molar refractivity (Wildman–Crippen MR) is 142 cm³/mol. The van der Waals surface area contributed by atoms with Gasteiger partial charge in [0.1, 0.15) is 0 Å². The molecule has 4 rings (SSSR count). The van der Waals surface area contributed by atoms with E-state index < -0.39 is 20.1 Å². The van der Waals surface area contributed by atoms with Crippen LogP contribution in [0.1, 0.15) is 37.6 Å². The van der Waals surface area contributed by atoms with Crippen molar-refractivity contribution < 1.29 is 22.3 Å². The largest absolute Gasteiger partial charge is 0.416 e. The van der Waals surface area contributed by atoms with Gasteiger partial charge in [0.2, 0.25) is 0 Å². The third-order valence-electron chi connectivity index (χ3n) is 7.23. The number of nitrogens with zero attached hydrogens (tertiary/aromatic N) is 4. The highest BCUT2D eigenvalue weighted by atomic mass is 28.4. The summed E-state index contributed by atoms with van der Waals surface area (Å²) in [6.45, 7) is 14.3. The highest BCUT2D eigenvalue weighted by molar-refractivity contribution is 6.74. The molecular formula is C25H35F3N6O2Si. The number of aryl methyl sites for hydroxylation is 1. The Labute approximate surface area is 216 Å². The first kappa shape index (κ1) is 27.2. The van der Waals surface area contributed by atoms with Crippen molar-refractivity contribution in [3.8, 4) is 0 Å². The molecule has 0 bridgehead atoms. The van der Waals surface area contributed by atoms with Gasteiger partial charge in [0.05, 0.1) is 36.8 Å². The van der Waals surface area contributed by atoms with Gasteiger partial charge in [0, 0.05) is 30.4 Å². The molecule has 1 aromatic carbocycles. The molecule has 202 valence electrons. The Morgan fingerprint density at radius 3 is 2.46 bits per heavy atom. The molecule has 1 aliphatic heterocycles. The van der Waals surface area contributed by atoms with Crippen molar-refractivity contribution in [3.63, 3.8) is 0 Å². The van der Waals surface area contributed by atoms with E-state index in [1.807, 2.05) is 13.1 Å². The lowest BCUT2D eigenvalue weighted by Crippen LogP contribution is -2.40. The summed E-state index contributed by atoms with van der Waals surface area (Å²) >= 11 is 0. The van der Waals surface area contributed by atoms with Crippen molar-refractivity contribution in [2.75, 3.05) is 42.3 Å². The minimum absolute atomic E-state index is 0.0477. The second-order valence-electron chi connectivity index (χ2n) is 10.8. The van der Waals surface area contributed by atoms with Crippen molar-refractivity contribution in [2.45, 2.75) is 58.6 Å². The number of fused-ring (bicyclic) bond motifs is 1. The Kier molecular flexibility index (Phi) is 7.21. The van der Waals surface area contributed by atoms with Crippen LogP contribution in [0.25, 0.3) is 5.65 Å². The van der Waals surface area contributed by atoms with Crippen molar-refractivity contribution in [1.82, 2.24) is 14.6 Å². The Balaban J connectivity index is 1.77.